The molecule has 44 heavy (non-hydrogen) atoms. The number of aromatic nitrogens is 4. The maximum atomic E-state index is 13.7. The fraction of sp³-hybridized carbons (Fsp3) is 0.481. The van der Waals surface area contributed by atoms with Crippen LogP contribution in [0.1, 0.15) is 33.5 Å². The summed E-state index contributed by atoms with van der Waals surface area (Å²) in [6.45, 7) is 2.39. The number of likely N-dealkylation sites (tertiary alicyclic amines) is 1. The van der Waals surface area contributed by atoms with Crippen LogP contribution in [0.4, 0.5) is 13.2 Å². The highest BCUT2D eigenvalue weighted by Crippen LogP contribution is 2.38. The van der Waals surface area contributed by atoms with Crippen LogP contribution in [0.15, 0.2) is 53.4 Å². The Balaban J connectivity index is 0.00000276. The number of hydrogen-bond acceptors (Lipinski definition) is 10. The average Bonchev–Trinajstić information content (AvgIpc) is 3.68. The van der Waals surface area contributed by atoms with Crippen LogP contribution < -0.4 is 15.0 Å². The first-order chi connectivity index (χ1) is 20.5. The number of ether oxygens (including phenoxy) is 2. The van der Waals surface area contributed by atoms with Gasteiger partial charge in [-0.25, -0.2) is 13.9 Å². The molecule has 2 heterocycles. The van der Waals surface area contributed by atoms with Crippen molar-refractivity contribution >= 4 is 28.2 Å². The van der Waals surface area contributed by atoms with Crippen molar-refractivity contribution in [1.82, 2.24) is 30.6 Å². The van der Waals surface area contributed by atoms with E-state index in [2.05, 4.69) is 25.0 Å². The number of aryl methyl sites for hydroxylation is 1. The molecule has 0 spiro atoms. The molecule has 5 rings (SSSR count). The van der Waals surface area contributed by atoms with E-state index < -0.39 is 26.9 Å². The number of benzene rings is 2. The quantitative estimate of drug-likeness (QED) is 0.166. The molecule has 2 N–H and O–H groups in total. The summed E-state index contributed by atoms with van der Waals surface area (Å²) in [4.78, 5) is 16.2. The lowest BCUT2D eigenvalue weighted by atomic mass is 9.94. The van der Waals surface area contributed by atoms with Crippen LogP contribution in [0.3, 0.4) is 0 Å². The van der Waals surface area contributed by atoms with Crippen molar-refractivity contribution in [3.05, 3.63) is 48.5 Å². The van der Waals surface area contributed by atoms with Gasteiger partial charge in [-0.15, -0.1) is 35.8 Å². The number of piperidine rings is 1. The summed E-state index contributed by atoms with van der Waals surface area (Å²) in [5.74, 6) is 0.0246. The summed E-state index contributed by atoms with van der Waals surface area (Å²) in [5, 5.41) is 21.5. The van der Waals surface area contributed by atoms with Crippen LogP contribution in [0.2, 0.25) is 0 Å². The van der Waals surface area contributed by atoms with Gasteiger partial charge in [-0.2, -0.15) is 4.80 Å². The standard InChI is InChI=1S/C27H31F3N6O6S.ClH.H2/c28-27(29,30)42-22-6-4-20(5-7-22)24-31-34-36(32-24)14-1-17-41-21-8-10-23(11-9-21)43(39,40)26(25(37)33-38)12-15-35(16-13-26)18-19-2-3-19;;/h4-11,19,38H,1-3,12-18H2,(H,33,37);2*1H. The fourth-order valence-electron chi connectivity index (χ4n) is 5.08. The lowest BCUT2D eigenvalue weighted by Crippen LogP contribution is -2.57. The van der Waals surface area contributed by atoms with E-state index in [9.17, 15) is 31.6 Å². The third-order valence-electron chi connectivity index (χ3n) is 7.61. The first-order valence-electron chi connectivity index (χ1n) is 13.8. The van der Waals surface area contributed by atoms with Gasteiger partial charge in [-0.1, -0.05) is 0 Å². The SMILES string of the molecule is Cl.O=C(NO)C1(S(=O)(=O)c2ccc(OCCCn3nnc(-c4ccc(OC(F)(F)F)cc4)n3)cc2)CCN(CC2CC2)CC1.[HH]. The molecule has 2 fully saturated rings. The number of sulfone groups is 1. The van der Waals surface area contributed by atoms with Crippen LogP contribution in [0.5, 0.6) is 11.5 Å². The topological polar surface area (TPSA) is 149 Å². The summed E-state index contributed by atoms with van der Waals surface area (Å²) in [5.41, 5.74) is 2.05. The Morgan fingerprint density at radius 3 is 2.30 bits per heavy atom. The molecule has 242 valence electrons. The van der Waals surface area contributed by atoms with Gasteiger partial charge in [0.05, 0.1) is 18.0 Å². The highest BCUT2D eigenvalue weighted by molar-refractivity contribution is 7.93. The number of rotatable bonds is 12. The number of amides is 1. The van der Waals surface area contributed by atoms with Crippen molar-refractivity contribution in [3.63, 3.8) is 0 Å². The van der Waals surface area contributed by atoms with Crippen LogP contribution in [-0.4, -0.2) is 82.0 Å². The predicted octanol–water partition coefficient (Wildman–Crippen LogP) is 3.90. The smallest absolute Gasteiger partial charge is 0.494 e. The summed E-state index contributed by atoms with van der Waals surface area (Å²) in [6.07, 6.45) is -1.78. The molecule has 0 radical (unpaired) electrons. The molecule has 1 aliphatic heterocycles. The van der Waals surface area contributed by atoms with E-state index in [4.69, 9.17) is 4.74 Å². The van der Waals surface area contributed by atoms with Crippen LogP contribution >= 0.6 is 12.4 Å². The summed E-state index contributed by atoms with van der Waals surface area (Å²) in [6, 6.07) is 10.9. The normalized spacial score (nSPS) is 17.0. The second-order valence-corrected chi connectivity index (χ2v) is 12.9. The molecule has 12 nitrogen and oxygen atoms in total. The number of tetrazole rings is 1. The van der Waals surface area contributed by atoms with Crippen molar-refractivity contribution in [1.29, 1.82) is 0 Å². The van der Waals surface area contributed by atoms with Crippen LogP contribution in [0, 0.1) is 5.92 Å². The lowest BCUT2D eigenvalue weighted by Gasteiger charge is -2.39. The van der Waals surface area contributed by atoms with Gasteiger partial charge >= 0.3 is 6.36 Å². The predicted molar refractivity (Wildman–Crippen MR) is 154 cm³/mol. The number of carbonyl (C=O) groups is 1. The minimum atomic E-state index is -4.78. The molecular formula is C27H34ClF3N6O6S. The zero-order valence-electron chi connectivity index (χ0n) is 23.4. The molecule has 1 aliphatic carbocycles. The van der Waals surface area contributed by atoms with Gasteiger partial charge in [0.15, 0.2) is 14.6 Å². The second-order valence-electron chi connectivity index (χ2n) is 10.6. The van der Waals surface area contributed by atoms with Gasteiger partial charge in [0, 0.05) is 33.0 Å². The van der Waals surface area contributed by atoms with Gasteiger partial charge in [0.2, 0.25) is 5.82 Å². The van der Waals surface area contributed by atoms with Crippen molar-refractivity contribution in [2.24, 2.45) is 5.92 Å². The molecule has 17 heteroatoms. The van der Waals surface area contributed by atoms with Crippen molar-refractivity contribution in [2.75, 3.05) is 26.2 Å². The Kier molecular flexibility index (Phi) is 10.4. The Morgan fingerprint density at radius 1 is 1.07 bits per heavy atom. The van der Waals surface area contributed by atoms with Crippen molar-refractivity contribution in [3.8, 4) is 22.9 Å². The molecule has 0 unspecified atom stereocenters. The number of alkyl halides is 3. The molecule has 2 aromatic carbocycles. The third-order valence-corrected chi connectivity index (χ3v) is 10.1. The first-order valence-corrected chi connectivity index (χ1v) is 15.3. The number of hydrogen-bond donors (Lipinski definition) is 2. The van der Waals surface area contributed by atoms with Crippen LogP contribution in [-0.2, 0) is 21.2 Å². The van der Waals surface area contributed by atoms with E-state index in [1.807, 2.05) is 0 Å². The Hall–Kier alpha value is -3.47. The van der Waals surface area contributed by atoms with E-state index in [1.165, 1.54) is 54.0 Å². The Labute approximate surface area is 259 Å². The molecule has 2 aliphatic rings. The van der Waals surface area contributed by atoms with Gasteiger partial charge in [-0.05, 0) is 85.3 Å². The Bertz CT molecular complexity index is 1520. The number of hydroxylamine groups is 1. The maximum absolute atomic E-state index is 13.7. The zero-order valence-corrected chi connectivity index (χ0v) is 25.1. The van der Waals surface area contributed by atoms with Crippen molar-refractivity contribution in [2.45, 2.75) is 54.7 Å². The first kappa shape index (κ1) is 33.4. The third kappa shape index (κ3) is 7.78. The van der Waals surface area contributed by atoms with Gasteiger partial charge in [0.1, 0.15) is 11.5 Å². The minimum Gasteiger partial charge on any atom is -0.494 e. The van der Waals surface area contributed by atoms with Gasteiger partial charge < -0.3 is 14.4 Å². The monoisotopic (exact) mass is 662 g/mol. The molecular weight excluding hydrogens is 629 g/mol. The summed E-state index contributed by atoms with van der Waals surface area (Å²) >= 11 is 0. The van der Waals surface area contributed by atoms with Crippen LogP contribution in [0.25, 0.3) is 11.4 Å². The summed E-state index contributed by atoms with van der Waals surface area (Å²) in [7, 11) is -4.12. The van der Waals surface area contributed by atoms with Crippen molar-refractivity contribution < 1.29 is 42.5 Å². The molecule has 0 bridgehead atoms. The molecule has 0 atom stereocenters. The van der Waals surface area contributed by atoms with E-state index in [0.29, 0.717) is 43.3 Å². The molecule has 1 saturated carbocycles. The molecule has 1 amide bonds. The fourth-order valence-corrected chi connectivity index (χ4v) is 7.03. The average molecular weight is 663 g/mol. The van der Waals surface area contributed by atoms with E-state index in [-0.39, 0.29) is 49.8 Å². The van der Waals surface area contributed by atoms with E-state index >= 15 is 0 Å². The zero-order chi connectivity index (χ0) is 30.7. The van der Waals surface area contributed by atoms with E-state index in [1.54, 1.807) is 5.48 Å². The molecule has 1 saturated heterocycles. The number of nitrogens with zero attached hydrogens (tertiary/aromatic N) is 5. The lowest BCUT2D eigenvalue weighted by molar-refractivity contribution is -0.274. The number of nitrogens with one attached hydrogen (secondary N) is 1. The van der Waals surface area contributed by atoms with Gasteiger partial charge in [0.25, 0.3) is 5.91 Å². The highest BCUT2D eigenvalue weighted by atomic mass is 35.5. The maximum Gasteiger partial charge on any atom is 0.573 e. The number of halogens is 4. The van der Waals surface area contributed by atoms with E-state index in [0.717, 1.165) is 18.7 Å². The highest BCUT2D eigenvalue weighted by Gasteiger charge is 2.53. The summed E-state index contributed by atoms with van der Waals surface area (Å²) < 4.78 is 72.1. The molecule has 3 aromatic rings. The minimum absolute atomic E-state index is 0. The van der Waals surface area contributed by atoms with Gasteiger partial charge in [-0.3, -0.25) is 10.0 Å². The Morgan fingerprint density at radius 2 is 1.70 bits per heavy atom. The molecule has 1 aromatic heterocycles. The number of carbonyl (C=O) groups excluding carboxylic acids is 1. The second kappa shape index (κ2) is 13.7. The largest absolute Gasteiger partial charge is 0.573 e.